The average Bonchev–Trinajstić information content (AvgIpc) is 3.16. The number of hydrogen-bond acceptors (Lipinski definition) is 3. The van der Waals surface area contributed by atoms with Crippen LogP contribution in [0.5, 0.6) is 0 Å². The largest absolute Gasteiger partial charge is 0.356 e. The molecule has 0 saturated carbocycles. The van der Waals surface area contributed by atoms with Gasteiger partial charge in [-0.2, -0.15) is 4.58 Å². The van der Waals surface area contributed by atoms with Crippen LogP contribution in [0.15, 0.2) is 78.9 Å². The van der Waals surface area contributed by atoms with Crippen LogP contribution in [0.3, 0.4) is 0 Å². The fourth-order valence-corrected chi connectivity index (χ4v) is 5.38. The Bertz CT molecular complexity index is 1340. The van der Waals surface area contributed by atoms with Gasteiger partial charge in [-0.15, -0.1) is 0 Å². The minimum Gasteiger partial charge on any atom is -0.356 e. The van der Waals surface area contributed by atoms with Crippen LogP contribution in [0.1, 0.15) is 76.0 Å². The summed E-state index contributed by atoms with van der Waals surface area (Å²) in [6.07, 6.45) is 8.00. The molecule has 3 aromatic carbocycles. The van der Waals surface area contributed by atoms with Gasteiger partial charge in [0, 0.05) is 55.0 Å². The van der Waals surface area contributed by atoms with Gasteiger partial charge < -0.3 is 16.4 Å². The van der Waals surface area contributed by atoms with Crippen LogP contribution in [0.25, 0.3) is 6.08 Å². The summed E-state index contributed by atoms with van der Waals surface area (Å²) in [7, 11) is 0. The normalized spacial score (nSPS) is 14.2. The van der Waals surface area contributed by atoms with Crippen LogP contribution in [0.2, 0.25) is 0 Å². The third kappa shape index (κ3) is 7.28. The lowest BCUT2D eigenvalue weighted by Crippen LogP contribution is -2.28. The highest BCUT2D eigenvalue weighted by Gasteiger charge is 2.44. The van der Waals surface area contributed by atoms with E-state index in [9.17, 15) is 4.79 Å². The number of hydrogen-bond donors (Lipinski definition) is 3. The van der Waals surface area contributed by atoms with Gasteiger partial charge in [0.1, 0.15) is 6.54 Å². The van der Waals surface area contributed by atoms with Crippen molar-refractivity contribution in [3.8, 4) is 0 Å². The summed E-state index contributed by atoms with van der Waals surface area (Å²) in [5.74, 6) is 0.617. The molecule has 40 heavy (non-hydrogen) atoms. The van der Waals surface area contributed by atoms with Crippen molar-refractivity contribution in [3.63, 3.8) is 0 Å². The first kappa shape index (κ1) is 29.3. The van der Waals surface area contributed by atoms with Crippen LogP contribution in [-0.4, -0.2) is 35.8 Å². The number of rotatable bonds is 13. The van der Waals surface area contributed by atoms with Gasteiger partial charge in [0.25, 0.3) is 0 Å². The van der Waals surface area contributed by atoms with Crippen molar-refractivity contribution in [2.75, 3.05) is 25.0 Å². The SMILES string of the molecule is CC(C)c1ccc(/C=C/C2=[N+](CCCCCC(=O)NCCN)c3ccc(Nc4ccccc4)cc3C2(C)C)cc1. The maximum atomic E-state index is 12.0. The Morgan fingerprint density at radius 2 is 1.68 bits per heavy atom. The number of nitrogens with one attached hydrogen (secondary N) is 2. The van der Waals surface area contributed by atoms with E-state index in [2.05, 4.69) is 110 Å². The van der Waals surface area contributed by atoms with Gasteiger partial charge in [-0.25, -0.2) is 0 Å². The number of amides is 1. The first-order valence-corrected chi connectivity index (χ1v) is 14.7. The Balaban J connectivity index is 1.56. The molecular weight excluding hydrogens is 492 g/mol. The van der Waals surface area contributed by atoms with Crippen LogP contribution < -0.4 is 16.4 Å². The molecule has 0 aromatic heterocycles. The molecule has 5 nitrogen and oxygen atoms in total. The summed E-state index contributed by atoms with van der Waals surface area (Å²) in [5.41, 5.74) is 14.0. The van der Waals surface area contributed by atoms with E-state index >= 15 is 0 Å². The van der Waals surface area contributed by atoms with Gasteiger partial charge in [0.2, 0.25) is 11.6 Å². The Morgan fingerprint density at radius 3 is 2.38 bits per heavy atom. The number of carbonyl (C=O) groups is 1. The van der Waals surface area contributed by atoms with Crippen molar-refractivity contribution >= 4 is 34.8 Å². The van der Waals surface area contributed by atoms with Crippen molar-refractivity contribution in [1.82, 2.24) is 5.32 Å². The van der Waals surface area contributed by atoms with E-state index < -0.39 is 0 Å². The Morgan fingerprint density at radius 1 is 0.925 bits per heavy atom. The van der Waals surface area contributed by atoms with Crippen LogP contribution >= 0.6 is 0 Å². The first-order valence-electron chi connectivity index (χ1n) is 14.7. The van der Waals surface area contributed by atoms with Gasteiger partial charge in [-0.1, -0.05) is 56.3 Å². The quantitative estimate of drug-likeness (QED) is 0.159. The van der Waals surface area contributed by atoms with E-state index in [1.165, 1.54) is 28.1 Å². The molecule has 1 aliphatic heterocycles. The fraction of sp³-hybridized carbons (Fsp3) is 0.371. The molecule has 0 radical (unpaired) electrons. The predicted octanol–water partition coefficient (Wildman–Crippen LogP) is 7.28. The van der Waals surface area contributed by atoms with Crippen molar-refractivity contribution < 1.29 is 9.37 Å². The molecule has 4 N–H and O–H groups in total. The second kappa shape index (κ2) is 13.6. The summed E-state index contributed by atoms with van der Waals surface area (Å²) in [6, 6.07) is 25.9. The number of carbonyl (C=O) groups excluding carboxylic acids is 1. The molecule has 1 amide bonds. The number of anilines is 2. The Hall–Kier alpha value is -3.70. The van der Waals surface area contributed by atoms with Gasteiger partial charge in [-0.3, -0.25) is 4.79 Å². The van der Waals surface area contributed by atoms with Crippen molar-refractivity contribution in [2.24, 2.45) is 5.73 Å². The van der Waals surface area contributed by atoms with E-state index in [1.807, 2.05) is 18.2 Å². The van der Waals surface area contributed by atoms with Crippen LogP contribution in [-0.2, 0) is 10.2 Å². The molecule has 5 heteroatoms. The summed E-state index contributed by atoms with van der Waals surface area (Å²) >= 11 is 0. The lowest BCUT2D eigenvalue weighted by molar-refractivity contribution is -0.438. The van der Waals surface area contributed by atoms with Gasteiger partial charge in [0.15, 0.2) is 5.71 Å². The number of unbranched alkanes of at least 4 members (excludes halogenated alkanes) is 2. The zero-order valence-electron chi connectivity index (χ0n) is 24.5. The van der Waals surface area contributed by atoms with Crippen molar-refractivity contribution in [2.45, 2.75) is 64.7 Å². The molecule has 3 aromatic rings. The Kier molecular flexibility index (Phi) is 9.94. The maximum Gasteiger partial charge on any atom is 0.220 e. The topological polar surface area (TPSA) is 70.2 Å². The molecule has 210 valence electrons. The lowest BCUT2D eigenvalue weighted by atomic mass is 9.81. The van der Waals surface area contributed by atoms with Crippen LogP contribution in [0, 0.1) is 0 Å². The third-order valence-corrected chi connectivity index (χ3v) is 7.74. The number of benzene rings is 3. The smallest absolute Gasteiger partial charge is 0.220 e. The maximum absolute atomic E-state index is 12.0. The van der Waals surface area contributed by atoms with Crippen molar-refractivity contribution in [1.29, 1.82) is 0 Å². The number of para-hydroxylation sites is 1. The molecule has 0 aliphatic carbocycles. The van der Waals surface area contributed by atoms with E-state index in [-0.39, 0.29) is 11.3 Å². The molecule has 0 saturated heterocycles. The molecule has 4 rings (SSSR count). The van der Waals surface area contributed by atoms with E-state index in [4.69, 9.17) is 5.73 Å². The zero-order chi connectivity index (χ0) is 28.5. The van der Waals surface area contributed by atoms with Crippen LogP contribution in [0.4, 0.5) is 17.1 Å². The summed E-state index contributed by atoms with van der Waals surface area (Å²) < 4.78 is 2.48. The lowest BCUT2D eigenvalue weighted by Gasteiger charge is -2.17. The number of nitrogens with two attached hydrogens (primary N) is 1. The van der Waals surface area contributed by atoms with Gasteiger partial charge >= 0.3 is 0 Å². The highest BCUT2D eigenvalue weighted by atomic mass is 16.1. The monoisotopic (exact) mass is 537 g/mol. The predicted molar refractivity (Wildman–Crippen MR) is 169 cm³/mol. The standard InChI is InChI=1S/C35H44N4O/c1-26(2)28-17-14-27(15-18-28)16-21-33-35(3,4)31-25-30(38-29-11-7-5-8-12-29)19-20-32(31)39(33)24-10-6-9-13-34(40)37-23-22-36/h5,7-8,11-12,14-21,25-26,38H,6,9-10,13,22-24,36H2,1-4H3/p+1/b21-16+. The number of fused-ring (bicyclic) bond motifs is 1. The molecule has 0 spiro atoms. The molecule has 0 fully saturated rings. The number of nitrogens with zero attached hydrogens (tertiary/aromatic N) is 1. The molecular formula is C35H45N4O+. The summed E-state index contributed by atoms with van der Waals surface area (Å²) in [5, 5.41) is 6.43. The molecule has 0 unspecified atom stereocenters. The minimum absolute atomic E-state index is 0.0928. The Labute approximate surface area is 240 Å². The van der Waals surface area contributed by atoms with Gasteiger partial charge in [0.05, 0.1) is 5.41 Å². The second-order valence-electron chi connectivity index (χ2n) is 11.5. The van der Waals surface area contributed by atoms with E-state index in [0.29, 0.717) is 25.4 Å². The molecule has 0 bridgehead atoms. The highest BCUT2D eigenvalue weighted by molar-refractivity contribution is 6.05. The molecule has 0 atom stereocenters. The van der Waals surface area contributed by atoms with E-state index in [1.54, 1.807) is 0 Å². The minimum atomic E-state index is -0.153. The molecule has 1 heterocycles. The second-order valence-corrected chi connectivity index (χ2v) is 11.5. The fourth-order valence-electron chi connectivity index (χ4n) is 5.38. The average molecular weight is 538 g/mol. The summed E-state index contributed by atoms with van der Waals surface area (Å²) in [4.78, 5) is 12.0. The van der Waals surface area contributed by atoms with Crippen molar-refractivity contribution in [3.05, 3.63) is 95.6 Å². The highest BCUT2D eigenvalue weighted by Crippen LogP contribution is 2.42. The van der Waals surface area contributed by atoms with Gasteiger partial charge in [-0.05, 0) is 74.1 Å². The summed E-state index contributed by atoms with van der Waals surface area (Å²) in [6.45, 7) is 11.0. The molecule has 1 aliphatic rings. The van der Waals surface area contributed by atoms with E-state index in [0.717, 1.165) is 37.2 Å². The zero-order valence-corrected chi connectivity index (χ0v) is 24.5. The number of allylic oxidation sites excluding steroid dienone is 1. The third-order valence-electron chi connectivity index (χ3n) is 7.74. The first-order chi connectivity index (χ1) is 19.3.